The van der Waals surface area contributed by atoms with Crippen LogP contribution in [0.2, 0.25) is 5.15 Å². The summed E-state index contributed by atoms with van der Waals surface area (Å²) in [6.07, 6.45) is 5.29. The minimum absolute atomic E-state index is 0.204. The van der Waals surface area contributed by atoms with E-state index in [4.69, 9.17) is 11.6 Å². The largest absolute Gasteiger partial charge is 0.294 e. The lowest BCUT2D eigenvalue weighted by molar-refractivity contribution is 0.101. The maximum Gasteiger partial charge on any atom is 0.162 e. The van der Waals surface area contributed by atoms with Crippen LogP contribution in [0.25, 0.3) is 11.4 Å². The fourth-order valence-electron chi connectivity index (χ4n) is 2.69. The predicted octanol–water partition coefficient (Wildman–Crippen LogP) is 3.28. The number of hydrogen-bond acceptors (Lipinski definition) is 4. The van der Waals surface area contributed by atoms with Crippen molar-refractivity contribution in [3.63, 3.8) is 0 Å². The number of pyridine rings is 1. The van der Waals surface area contributed by atoms with Gasteiger partial charge in [-0.3, -0.25) is 19.1 Å². The molecule has 0 aromatic carbocycles. The van der Waals surface area contributed by atoms with E-state index in [9.17, 15) is 9.18 Å². The van der Waals surface area contributed by atoms with Gasteiger partial charge in [0.1, 0.15) is 17.2 Å². The van der Waals surface area contributed by atoms with E-state index in [2.05, 4.69) is 15.2 Å². The van der Waals surface area contributed by atoms with E-state index in [1.54, 1.807) is 16.4 Å². The van der Waals surface area contributed by atoms with Crippen molar-refractivity contribution in [1.82, 2.24) is 24.5 Å². The highest BCUT2D eigenvalue weighted by Gasteiger charge is 2.20. The summed E-state index contributed by atoms with van der Waals surface area (Å²) in [7, 11) is 1.78. The lowest BCUT2D eigenvalue weighted by atomic mass is 10.0. The van der Waals surface area contributed by atoms with Crippen LogP contribution < -0.4 is 0 Å². The molecule has 0 radical (unpaired) electrons. The molecule has 0 spiro atoms. The summed E-state index contributed by atoms with van der Waals surface area (Å²) in [4.78, 5) is 16.0. The first-order valence-electron chi connectivity index (χ1n) is 7.80. The van der Waals surface area contributed by atoms with Crippen molar-refractivity contribution in [3.8, 4) is 11.4 Å². The fourth-order valence-corrected chi connectivity index (χ4v) is 2.90. The van der Waals surface area contributed by atoms with Crippen LogP contribution >= 0.6 is 11.6 Å². The molecular formula is C17H17ClFN5O. The number of hydrogen-bond donors (Lipinski definition) is 0. The predicted molar refractivity (Wildman–Crippen MR) is 92.1 cm³/mol. The van der Waals surface area contributed by atoms with Crippen molar-refractivity contribution in [2.24, 2.45) is 7.05 Å². The van der Waals surface area contributed by atoms with Crippen LogP contribution in [0.3, 0.4) is 0 Å². The second kappa shape index (κ2) is 6.76. The summed E-state index contributed by atoms with van der Waals surface area (Å²) in [6, 6.07) is 1.19. The fraction of sp³-hybridized carbons (Fsp3) is 0.294. The third-order valence-corrected chi connectivity index (χ3v) is 4.17. The quantitative estimate of drug-likeness (QED) is 0.654. The van der Waals surface area contributed by atoms with Gasteiger partial charge < -0.3 is 0 Å². The molecule has 3 aromatic rings. The highest BCUT2D eigenvalue weighted by atomic mass is 35.5. The average Bonchev–Trinajstić information content (AvgIpc) is 3.10. The van der Waals surface area contributed by atoms with Gasteiger partial charge in [-0.25, -0.2) is 4.39 Å². The smallest absolute Gasteiger partial charge is 0.162 e. The monoisotopic (exact) mass is 361 g/mol. The maximum absolute atomic E-state index is 13.5. The molecule has 3 rings (SSSR count). The average molecular weight is 362 g/mol. The normalized spacial score (nSPS) is 11.1. The van der Waals surface area contributed by atoms with E-state index < -0.39 is 5.82 Å². The van der Waals surface area contributed by atoms with Gasteiger partial charge in [0.05, 0.1) is 6.20 Å². The zero-order valence-corrected chi connectivity index (χ0v) is 14.9. The second-order valence-electron chi connectivity index (χ2n) is 5.76. The summed E-state index contributed by atoms with van der Waals surface area (Å²) in [5.41, 5.74) is 2.79. The molecule has 0 amide bonds. The molecule has 0 atom stereocenters. The highest BCUT2D eigenvalue weighted by molar-refractivity contribution is 6.30. The third-order valence-electron chi connectivity index (χ3n) is 3.85. The molecule has 3 heterocycles. The number of nitrogens with zero attached hydrogens (tertiary/aromatic N) is 5. The van der Waals surface area contributed by atoms with E-state index >= 15 is 0 Å². The first-order chi connectivity index (χ1) is 11.9. The number of halogens is 2. The Morgan fingerprint density at radius 2 is 2.00 bits per heavy atom. The molecule has 130 valence electrons. The van der Waals surface area contributed by atoms with Crippen LogP contribution in [0.1, 0.15) is 35.3 Å². The summed E-state index contributed by atoms with van der Waals surface area (Å²) in [6.45, 7) is 4.07. The topological polar surface area (TPSA) is 65.6 Å². The van der Waals surface area contributed by atoms with E-state index in [-0.39, 0.29) is 11.3 Å². The number of ketones is 1. The Morgan fingerprint density at radius 3 is 2.64 bits per heavy atom. The van der Waals surface area contributed by atoms with Crippen molar-refractivity contribution in [2.75, 3.05) is 0 Å². The Morgan fingerprint density at radius 1 is 1.24 bits per heavy atom. The van der Waals surface area contributed by atoms with Crippen molar-refractivity contribution >= 4 is 17.4 Å². The van der Waals surface area contributed by atoms with Gasteiger partial charge in [-0.15, -0.1) is 0 Å². The van der Waals surface area contributed by atoms with Crippen LogP contribution in [-0.2, 0) is 20.0 Å². The van der Waals surface area contributed by atoms with Gasteiger partial charge in [-0.2, -0.15) is 10.2 Å². The minimum Gasteiger partial charge on any atom is -0.294 e. The van der Waals surface area contributed by atoms with Crippen molar-refractivity contribution in [1.29, 1.82) is 0 Å². The number of aromatic nitrogens is 5. The summed E-state index contributed by atoms with van der Waals surface area (Å²) >= 11 is 6.20. The summed E-state index contributed by atoms with van der Waals surface area (Å²) in [5.74, 6) is -0.825. The molecule has 0 fully saturated rings. The molecule has 6 nitrogen and oxygen atoms in total. The number of Topliss-reactive ketones (excluding diaryl/α,β-unsaturated/α-hetero) is 1. The standard InChI is InChI=1S/C17H17ClFN5O/c1-4-24-9-12(17(18)22-24)5-11-8-23(3)21-15(11)16-14(10(2)25)6-13(19)7-20-16/h6-9H,4-5H2,1-3H3. The van der Waals surface area contributed by atoms with Crippen LogP contribution in [0.5, 0.6) is 0 Å². The Hall–Kier alpha value is -2.54. The molecule has 8 heteroatoms. The van der Waals surface area contributed by atoms with Gasteiger partial charge in [-0.1, -0.05) is 11.6 Å². The molecule has 0 unspecified atom stereocenters. The summed E-state index contributed by atoms with van der Waals surface area (Å²) in [5, 5.41) is 9.07. The molecule has 0 aliphatic rings. The third kappa shape index (κ3) is 3.46. The van der Waals surface area contributed by atoms with Crippen molar-refractivity contribution in [3.05, 3.63) is 52.3 Å². The van der Waals surface area contributed by atoms with E-state index in [0.29, 0.717) is 29.5 Å². The van der Waals surface area contributed by atoms with Crippen LogP contribution in [0.15, 0.2) is 24.7 Å². The zero-order chi connectivity index (χ0) is 18.1. The Bertz CT molecular complexity index is 947. The second-order valence-corrected chi connectivity index (χ2v) is 6.12. The van der Waals surface area contributed by atoms with Crippen LogP contribution in [-0.4, -0.2) is 30.3 Å². The molecule has 3 aromatic heterocycles. The first kappa shape index (κ1) is 17.3. The zero-order valence-electron chi connectivity index (χ0n) is 14.1. The van der Waals surface area contributed by atoms with Gasteiger partial charge in [-0.05, 0) is 19.9 Å². The summed E-state index contributed by atoms with van der Waals surface area (Å²) < 4.78 is 16.9. The van der Waals surface area contributed by atoms with Gasteiger partial charge in [0.15, 0.2) is 10.9 Å². The Kier molecular flexibility index (Phi) is 4.67. The SMILES string of the molecule is CCn1cc(Cc2cn(C)nc2-c2ncc(F)cc2C(C)=O)c(Cl)n1. The number of aryl methyl sites for hydroxylation is 2. The lowest BCUT2D eigenvalue weighted by Crippen LogP contribution is -2.02. The first-order valence-corrected chi connectivity index (χ1v) is 8.18. The molecule has 0 aliphatic carbocycles. The van der Waals surface area contributed by atoms with Gasteiger partial charge in [0.2, 0.25) is 0 Å². The van der Waals surface area contributed by atoms with E-state index in [0.717, 1.165) is 17.3 Å². The number of carbonyl (C=O) groups is 1. The molecule has 0 bridgehead atoms. The van der Waals surface area contributed by atoms with E-state index in [1.807, 2.05) is 19.3 Å². The van der Waals surface area contributed by atoms with E-state index in [1.165, 1.54) is 13.0 Å². The number of rotatable bonds is 5. The maximum atomic E-state index is 13.5. The molecule has 25 heavy (non-hydrogen) atoms. The van der Waals surface area contributed by atoms with Crippen molar-refractivity contribution in [2.45, 2.75) is 26.8 Å². The molecule has 0 aliphatic heterocycles. The lowest BCUT2D eigenvalue weighted by Gasteiger charge is -2.06. The molecule has 0 saturated carbocycles. The minimum atomic E-state index is -0.557. The van der Waals surface area contributed by atoms with Gasteiger partial charge in [0.25, 0.3) is 0 Å². The van der Waals surface area contributed by atoms with Gasteiger partial charge in [0, 0.05) is 49.1 Å². The highest BCUT2D eigenvalue weighted by Crippen LogP contribution is 2.28. The van der Waals surface area contributed by atoms with Crippen LogP contribution in [0.4, 0.5) is 4.39 Å². The molecule has 0 N–H and O–H groups in total. The Balaban J connectivity index is 2.08. The molecule has 0 saturated heterocycles. The molecular weight excluding hydrogens is 345 g/mol. The Labute approximate surface area is 149 Å². The van der Waals surface area contributed by atoms with Gasteiger partial charge >= 0.3 is 0 Å². The number of carbonyl (C=O) groups excluding carboxylic acids is 1. The van der Waals surface area contributed by atoms with Crippen molar-refractivity contribution < 1.29 is 9.18 Å². The van der Waals surface area contributed by atoms with Crippen LogP contribution in [0, 0.1) is 5.82 Å².